The van der Waals surface area contributed by atoms with Gasteiger partial charge in [0.05, 0.1) is 0 Å². The first-order valence-corrected chi connectivity index (χ1v) is 9.13. The summed E-state index contributed by atoms with van der Waals surface area (Å²) in [6.45, 7) is 7.89. The molecule has 0 unspecified atom stereocenters. The molecule has 0 saturated carbocycles. The van der Waals surface area contributed by atoms with Crippen LogP contribution >= 0.6 is 0 Å². The highest BCUT2D eigenvalue weighted by Gasteiger charge is 2.12. The van der Waals surface area contributed by atoms with E-state index in [4.69, 9.17) is 4.98 Å². The molecule has 0 radical (unpaired) electrons. The average molecular weight is 346 g/mol. The minimum atomic E-state index is 0.736. The second-order valence-corrected chi connectivity index (χ2v) is 6.44. The van der Waals surface area contributed by atoms with Crippen LogP contribution in [0.1, 0.15) is 23.7 Å². The Morgan fingerprint density at radius 1 is 0.923 bits per heavy atom. The molecule has 1 aromatic heterocycles. The standard InChI is InChI=1S/C22H26N4/c1-4-26(20-12-8-9-17(2)15-20)22-24-18(3)16-21(25-22)23-14-13-19-10-6-5-7-11-19/h5-12,15-16H,4,13-14H2,1-3H3,(H,23,24,25). The van der Waals surface area contributed by atoms with Gasteiger partial charge in [-0.2, -0.15) is 4.98 Å². The van der Waals surface area contributed by atoms with Gasteiger partial charge in [0.1, 0.15) is 5.82 Å². The first-order chi connectivity index (χ1) is 12.7. The minimum Gasteiger partial charge on any atom is -0.370 e. The maximum atomic E-state index is 4.75. The lowest BCUT2D eigenvalue weighted by atomic mass is 10.1. The van der Waals surface area contributed by atoms with Gasteiger partial charge in [-0.25, -0.2) is 4.98 Å². The SMILES string of the molecule is CCN(c1cccc(C)c1)c1nc(C)cc(NCCc2ccccc2)n1. The number of rotatable bonds is 7. The number of benzene rings is 2. The van der Waals surface area contributed by atoms with E-state index in [2.05, 4.69) is 77.6 Å². The molecule has 0 aliphatic rings. The van der Waals surface area contributed by atoms with Crippen LogP contribution < -0.4 is 10.2 Å². The molecule has 3 aromatic rings. The Labute approximate surface area is 155 Å². The van der Waals surface area contributed by atoms with Crippen molar-refractivity contribution < 1.29 is 0 Å². The van der Waals surface area contributed by atoms with Crippen LogP contribution in [0.25, 0.3) is 0 Å². The Morgan fingerprint density at radius 3 is 2.46 bits per heavy atom. The fourth-order valence-corrected chi connectivity index (χ4v) is 2.98. The monoisotopic (exact) mass is 346 g/mol. The second-order valence-electron chi connectivity index (χ2n) is 6.44. The molecule has 4 heteroatoms. The van der Waals surface area contributed by atoms with Crippen molar-refractivity contribution in [2.45, 2.75) is 27.2 Å². The van der Waals surface area contributed by atoms with E-state index in [0.717, 1.165) is 42.7 Å². The summed E-state index contributed by atoms with van der Waals surface area (Å²) in [5.41, 5.74) is 4.63. The van der Waals surface area contributed by atoms with E-state index in [-0.39, 0.29) is 0 Å². The molecule has 26 heavy (non-hydrogen) atoms. The smallest absolute Gasteiger partial charge is 0.232 e. The van der Waals surface area contributed by atoms with Crippen LogP contribution in [0, 0.1) is 13.8 Å². The zero-order valence-corrected chi connectivity index (χ0v) is 15.7. The third-order valence-corrected chi connectivity index (χ3v) is 4.28. The van der Waals surface area contributed by atoms with Gasteiger partial charge < -0.3 is 10.2 Å². The summed E-state index contributed by atoms with van der Waals surface area (Å²) in [6, 6.07) is 20.9. The first kappa shape index (κ1) is 17.9. The van der Waals surface area contributed by atoms with Crippen LogP contribution in [0.15, 0.2) is 60.7 Å². The van der Waals surface area contributed by atoms with Crippen LogP contribution in [-0.2, 0) is 6.42 Å². The molecule has 3 rings (SSSR count). The van der Waals surface area contributed by atoms with Crippen LogP contribution in [0.3, 0.4) is 0 Å². The third-order valence-electron chi connectivity index (χ3n) is 4.28. The molecule has 0 bridgehead atoms. The van der Waals surface area contributed by atoms with Gasteiger partial charge in [-0.3, -0.25) is 0 Å². The fraction of sp³-hybridized carbons (Fsp3) is 0.273. The third kappa shape index (κ3) is 4.60. The molecule has 0 spiro atoms. The predicted octanol–water partition coefficient (Wildman–Crippen LogP) is 4.91. The quantitative estimate of drug-likeness (QED) is 0.660. The van der Waals surface area contributed by atoms with E-state index in [1.54, 1.807) is 0 Å². The van der Waals surface area contributed by atoms with Gasteiger partial charge in [-0.15, -0.1) is 0 Å². The highest BCUT2D eigenvalue weighted by Crippen LogP contribution is 2.24. The summed E-state index contributed by atoms with van der Waals surface area (Å²) in [6.07, 6.45) is 0.967. The molecule has 0 fully saturated rings. The van der Waals surface area contributed by atoms with Crippen molar-refractivity contribution >= 4 is 17.5 Å². The fourth-order valence-electron chi connectivity index (χ4n) is 2.98. The molecule has 0 saturated heterocycles. The lowest BCUT2D eigenvalue weighted by Gasteiger charge is -2.22. The van der Waals surface area contributed by atoms with Crippen LogP contribution in [-0.4, -0.2) is 23.1 Å². The number of hydrogen-bond acceptors (Lipinski definition) is 4. The molecule has 1 N–H and O–H groups in total. The lowest BCUT2D eigenvalue weighted by molar-refractivity contribution is 0.924. The number of aryl methyl sites for hydroxylation is 2. The van der Waals surface area contributed by atoms with Crippen molar-refractivity contribution in [3.8, 4) is 0 Å². The topological polar surface area (TPSA) is 41.1 Å². The van der Waals surface area contributed by atoms with Gasteiger partial charge in [0.2, 0.25) is 5.95 Å². The highest BCUT2D eigenvalue weighted by molar-refractivity contribution is 5.59. The van der Waals surface area contributed by atoms with E-state index in [0.29, 0.717) is 0 Å². The Hall–Kier alpha value is -2.88. The Kier molecular flexibility index (Phi) is 5.84. The summed E-state index contributed by atoms with van der Waals surface area (Å²) in [5.74, 6) is 1.61. The summed E-state index contributed by atoms with van der Waals surface area (Å²) < 4.78 is 0. The molecule has 4 nitrogen and oxygen atoms in total. The number of nitrogens with zero attached hydrogens (tertiary/aromatic N) is 3. The average Bonchev–Trinajstić information content (AvgIpc) is 2.63. The number of aromatic nitrogens is 2. The van der Waals surface area contributed by atoms with Crippen molar-refractivity contribution in [1.82, 2.24) is 9.97 Å². The highest BCUT2D eigenvalue weighted by atomic mass is 15.3. The minimum absolute atomic E-state index is 0.736. The maximum Gasteiger partial charge on any atom is 0.232 e. The summed E-state index contributed by atoms with van der Waals surface area (Å²) >= 11 is 0. The van der Waals surface area contributed by atoms with Crippen LogP contribution in [0.4, 0.5) is 17.5 Å². The molecule has 0 amide bonds. The van der Waals surface area contributed by atoms with Gasteiger partial charge in [-0.1, -0.05) is 42.5 Å². The van der Waals surface area contributed by atoms with Crippen molar-refractivity contribution in [1.29, 1.82) is 0 Å². The largest absolute Gasteiger partial charge is 0.370 e. The normalized spacial score (nSPS) is 10.6. The van der Waals surface area contributed by atoms with E-state index in [1.165, 1.54) is 11.1 Å². The van der Waals surface area contributed by atoms with Crippen molar-refractivity contribution in [3.05, 3.63) is 77.5 Å². The number of nitrogens with one attached hydrogen (secondary N) is 1. The van der Waals surface area contributed by atoms with Crippen molar-refractivity contribution in [2.24, 2.45) is 0 Å². The number of anilines is 3. The summed E-state index contributed by atoms with van der Waals surface area (Å²) in [7, 11) is 0. The van der Waals surface area contributed by atoms with Crippen LogP contribution in [0.2, 0.25) is 0 Å². The Morgan fingerprint density at radius 2 is 1.73 bits per heavy atom. The molecular formula is C22H26N4. The number of hydrogen-bond donors (Lipinski definition) is 1. The van der Waals surface area contributed by atoms with Gasteiger partial charge in [0.15, 0.2) is 0 Å². The predicted molar refractivity (Wildman–Crippen MR) is 109 cm³/mol. The van der Waals surface area contributed by atoms with E-state index < -0.39 is 0 Å². The second kappa shape index (κ2) is 8.48. The van der Waals surface area contributed by atoms with Gasteiger partial charge >= 0.3 is 0 Å². The molecule has 134 valence electrons. The van der Waals surface area contributed by atoms with E-state index in [9.17, 15) is 0 Å². The molecule has 0 atom stereocenters. The maximum absolute atomic E-state index is 4.75. The zero-order chi connectivity index (χ0) is 18.4. The van der Waals surface area contributed by atoms with Crippen LogP contribution in [0.5, 0.6) is 0 Å². The summed E-state index contributed by atoms with van der Waals surface area (Å²) in [4.78, 5) is 11.5. The Balaban J connectivity index is 1.76. The molecule has 2 aromatic carbocycles. The summed E-state index contributed by atoms with van der Waals surface area (Å²) in [5, 5.41) is 3.44. The van der Waals surface area contributed by atoms with Gasteiger partial charge in [0.25, 0.3) is 0 Å². The Bertz CT molecular complexity index is 846. The molecular weight excluding hydrogens is 320 g/mol. The van der Waals surface area contributed by atoms with Gasteiger partial charge in [0, 0.05) is 30.5 Å². The van der Waals surface area contributed by atoms with Crippen molar-refractivity contribution in [2.75, 3.05) is 23.3 Å². The molecule has 0 aliphatic carbocycles. The first-order valence-electron chi connectivity index (χ1n) is 9.13. The lowest BCUT2D eigenvalue weighted by Crippen LogP contribution is -2.20. The van der Waals surface area contributed by atoms with Gasteiger partial charge in [-0.05, 0) is 50.5 Å². The van der Waals surface area contributed by atoms with Crippen molar-refractivity contribution in [3.63, 3.8) is 0 Å². The van der Waals surface area contributed by atoms with E-state index >= 15 is 0 Å². The zero-order valence-electron chi connectivity index (χ0n) is 15.7. The molecule has 1 heterocycles. The van der Waals surface area contributed by atoms with E-state index in [1.807, 2.05) is 19.1 Å². The molecule has 0 aliphatic heterocycles.